The van der Waals surface area contributed by atoms with E-state index in [1.165, 1.54) is 0 Å². The Morgan fingerprint density at radius 3 is 2.78 bits per heavy atom. The zero-order valence-electron chi connectivity index (χ0n) is 14.9. The molecule has 7 heteroatoms. The molecule has 0 aliphatic heterocycles. The van der Waals surface area contributed by atoms with Gasteiger partial charge in [0.2, 0.25) is 0 Å². The molecule has 2 aromatic carbocycles. The van der Waals surface area contributed by atoms with E-state index in [0.29, 0.717) is 12.3 Å². The van der Waals surface area contributed by atoms with Crippen LogP contribution in [0.25, 0.3) is 22.6 Å². The molecule has 1 N–H and O–H groups in total. The predicted octanol–water partition coefficient (Wildman–Crippen LogP) is 3.73. The molecule has 0 aliphatic carbocycles. The van der Waals surface area contributed by atoms with Gasteiger partial charge >= 0.3 is 11.8 Å². The normalized spacial score (nSPS) is 10.9. The third kappa shape index (κ3) is 3.27. The number of amides is 1. The molecular weight excluding hydrogens is 346 g/mol. The number of hydrogen-bond acceptors (Lipinski definition) is 6. The van der Waals surface area contributed by atoms with Crippen LogP contribution in [0, 0.1) is 6.92 Å². The maximum absolute atomic E-state index is 12.3. The van der Waals surface area contributed by atoms with Gasteiger partial charge in [0.15, 0.2) is 5.76 Å². The Morgan fingerprint density at radius 2 is 1.96 bits per heavy atom. The van der Waals surface area contributed by atoms with E-state index in [0.717, 1.165) is 27.8 Å². The number of hydrogen-bond donors (Lipinski definition) is 1. The number of methoxy groups -OCH3 is 1. The Morgan fingerprint density at radius 1 is 1.11 bits per heavy atom. The predicted molar refractivity (Wildman–Crippen MR) is 98.4 cm³/mol. The van der Waals surface area contributed by atoms with Crippen molar-refractivity contribution in [1.29, 1.82) is 0 Å². The Labute approximate surface area is 155 Å². The molecule has 0 saturated heterocycles. The summed E-state index contributed by atoms with van der Waals surface area (Å²) >= 11 is 0. The molecule has 0 fully saturated rings. The fraction of sp³-hybridized carbons (Fsp3) is 0.150. The first-order chi connectivity index (χ1) is 13.2. The van der Waals surface area contributed by atoms with Crippen molar-refractivity contribution in [1.82, 2.24) is 15.5 Å². The van der Waals surface area contributed by atoms with Crippen molar-refractivity contribution >= 4 is 16.9 Å². The minimum absolute atomic E-state index is 0.118. The lowest BCUT2D eigenvalue weighted by molar-refractivity contribution is 0.0916. The van der Waals surface area contributed by atoms with Gasteiger partial charge in [-0.25, -0.2) is 0 Å². The van der Waals surface area contributed by atoms with Gasteiger partial charge < -0.3 is 18.9 Å². The summed E-state index contributed by atoms with van der Waals surface area (Å²) in [7, 11) is 1.59. The summed E-state index contributed by atoms with van der Waals surface area (Å²) in [5.74, 6) is 0.797. The number of rotatable bonds is 5. The zero-order chi connectivity index (χ0) is 18.8. The minimum atomic E-state index is -0.453. The molecule has 4 rings (SSSR count). The van der Waals surface area contributed by atoms with Crippen LogP contribution in [0.5, 0.6) is 5.75 Å². The number of nitrogens with one attached hydrogen (secondary N) is 1. The molecule has 0 spiro atoms. The molecule has 0 unspecified atom stereocenters. The number of para-hydroxylation sites is 1. The van der Waals surface area contributed by atoms with E-state index in [1.54, 1.807) is 7.11 Å². The molecule has 136 valence electrons. The number of ether oxygens (including phenoxy) is 1. The van der Waals surface area contributed by atoms with Crippen molar-refractivity contribution in [2.75, 3.05) is 7.11 Å². The lowest BCUT2D eigenvalue weighted by atomic mass is 10.1. The Kier molecular flexibility index (Phi) is 4.33. The largest absolute Gasteiger partial charge is 0.497 e. The number of carbonyl (C=O) groups is 1. The molecule has 0 radical (unpaired) electrons. The lowest BCUT2D eigenvalue weighted by Crippen LogP contribution is -2.23. The first-order valence-corrected chi connectivity index (χ1v) is 8.39. The first kappa shape index (κ1) is 16.8. The SMILES string of the molecule is COc1cccc(CNC(=O)c2nnc(-c3oc4ccccc4c3C)o2)c1. The highest BCUT2D eigenvalue weighted by Gasteiger charge is 2.21. The standard InChI is InChI=1S/C20H17N3O4/c1-12-15-8-3-4-9-16(15)26-17(12)19-22-23-20(27-19)18(24)21-11-13-6-5-7-14(10-13)25-2/h3-10H,11H2,1-2H3,(H,21,24). The molecule has 0 atom stereocenters. The van der Waals surface area contributed by atoms with Crippen LogP contribution in [-0.4, -0.2) is 23.2 Å². The average Bonchev–Trinajstić information content (AvgIpc) is 3.32. The smallest absolute Gasteiger partial charge is 0.309 e. The Balaban J connectivity index is 1.51. The van der Waals surface area contributed by atoms with Crippen molar-refractivity contribution in [2.24, 2.45) is 0 Å². The van der Waals surface area contributed by atoms with Gasteiger partial charge in [0, 0.05) is 17.5 Å². The molecule has 27 heavy (non-hydrogen) atoms. The second-order valence-corrected chi connectivity index (χ2v) is 6.00. The van der Waals surface area contributed by atoms with Crippen molar-refractivity contribution in [3.63, 3.8) is 0 Å². The summed E-state index contributed by atoms with van der Waals surface area (Å²) in [5.41, 5.74) is 2.51. The number of carbonyl (C=O) groups excluding carboxylic acids is 1. The summed E-state index contributed by atoms with van der Waals surface area (Å²) in [6.45, 7) is 2.23. The number of aromatic nitrogens is 2. The van der Waals surface area contributed by atoms with Crippen LogP contribution in [0.15, 0.2) is 57.4 Å². The maximum Gasteiger partial charge on any atom is 0.309 e. The van der Waals surface area contributed by atoms with Crippen LogP contribution in [0.2, 0.25) is 0 Å². The van der Waals surface area contributed by atoms with Crippen LogP contribution in [0.3, 0.4) is 0 Å². The Bertz CT molecular complexity index is 1110. The second-order valence-electron chi connectivity index (χ2n) is 6.00. The number of nitrogens with zero attached hydrogens (tertiary/aromatic N) is 2. The monoisotopic (exact) mass is 363 g/mol. The number of aryl methyl sites for hydroxylation is 1. The second kappa shape index (κ2) is 6.95. The number of benzene rings is 2. The molecular formula is C20H17N3O4. The minimum Gasteiger partial charge on any atom is -0.497 e. The van der Waals surface area contributed by atoms with E-state index >= 15 is 0 Å². The van der Waals surface area contributed by atoms with E-state index in [2.05, 4.69) is 15.5 Å². The van der Waals surface area contributed by atoms with Crippen LogP contribution in [-0.2, 0) is 6.54 Å². The number of furan rings is 1. The lowest BCUT2D eigenvalue weighted by Gasteiger charge is -2.05. The van der Waals surface area contributed by atoms with E-state index in [-0.39, 0.29) is 11.8 Å². The molecule has 0 aliphatic rings. The summed E-state index contributed by atoms with van der Waals surface area (Å²) < 4.78 is 16.5. The third-order valence-electron chi connectivity index (χ3n) is 4.24. The Hall–Kier alpha value is -3.61. The molecule has 2 heterocycles. The van der Waals surface area contributed by atoms with Crippen molar-refractivity contribution in [3.05, 3.63) is 65.5 Å². The van der Waals surface area contributed by atoms with Crippen molar-refractivity contribution < 1.29 is 18.4 Å². The van der Waals surface area contributed by atoms with Gasteiger partial charge in [-0.05, 0) is 30.7 Å². The van der Waals surface area contributed by atoms with E-state index in [1.807, 2.05) is 55.5 Å². The van der Waals surface area contributed by atoms with Crippen molar-refractivity contribution in [2.45, 2.75) is 13.5 Å². The van der Waals surface area contributed by atoms with Gasteiger partial charge in [-0.3, -0.25) is 4.79 Å². The van der Waals surface area contributed by atoms with Crippen LogP contribution in [0.1, 0.15) is 21.8 Å². The van der Waals surface area contributed by atoms with Gasteiger partial charge in [-0.15, -0.1) is 10.2 Å². The highest BCUT2D eigenvalue weighted by molar-refractivity contribution is 5.90. The summed E-state index contributed by atoms with van der Waals surface area (Å²) in [5, 5.41) is 11.5. The third-order valence-corrected chi connectivity index (χ3v) is 4.24. The fourth-order valence-electron chi connectivity index (χ4n) is 2.83. The van der Waals surface area contributed by atoms with Gasteiger partial charge in [-0.1, -0.05) is 30.3 Å². The quantitative estimate of drug-likeness (QED) is 0.581. The molecule has 2 aromatic heterocycles. The molecule has 1 amide bonds. The van der Waals surface area contributed by atoms with E-state index < -0.39 is 5.91 Å². The van der Waals surface area contributed by atoms with E-state index in [9.17, 15) is 4.79 Å². The first-order valence-electron chi connectivity index (χ1n) is 8.39. The van der Waals surface area contributed by atoms with Gasteiger partial charge in [-0.2, -0.15) is 0 Å². The van der Waals surface area contributed by atoms with Crippen LogP contribution >= 0.6 is 0 Å². The van der Waals surface area contributed by atoms with Crippen LogP contribution < -0.4 is 10.1 Å². The molecule has 0 saturated carbocycles. The summed E-state index contributed by atoms with van der Waals surface area (Å²) in [6, 6.07) is 15.1. The van der Waals surface area contributed by atoms with Gasteiger partial charge in [0.05, 0.1) is 7.11 Å². The summed E-state index contributed by atoms with van der Waals surface area (Å²) in [6.07, 6.45) is 0. The van der Waals surface area contributed by atoms with Crippen LogP contribution in [0.4, 0.5) is 0 Å². The highest BCUT2D eigenvalue weighted by atomic mass is 16.5. The van der Waals surface area contributed by atoms with Gasteiger partial charge in [0.25, 0.3) is 5.89 Å². The zero-order valence-corrected chi connectivity index (χ0v) is 14.9. The summed E-state index contributed by atoms with van der Waals surface area (Å²) in [4.78, 5) is 12.3. The number of fused-ring (bicyclic) bond motifs is 1. The average molecular weight is 363 g/mol. The fourth-order valence-corrected chi connectivity index (χ4v) is 2.83. The van der Waals surface area contributed by atoms with Crippen molar-refractivity contribution in [3.8, 4) is 17.4 Å². The maximum atomic E-state index is 12.3. The molecule has 0 bridgehead atoms. The highest BCUT2D eigenvalue weighted by Crippen LogP contribution is 2.31. The van der Waals surface area contributed by atoms with E-state index in [4.69, 9.17) is 13.6 Å². The molecule has 4 aromatic rings. The van der Waals surface area contributed by atoms with Gasteiger partial charge in [0.1, 0.15) is 11.3 Å². The molecule has 7 nitrogen and oxygen atoms in total. The topological polar surface area (TPSA) is 90.4 Å².